The van der Waals surface area contributed by atoms with E-state index in [0.717, 1.165) is 0 Å². The van der Waals surface area contributed by atoms with Gasteiger partial charge in [0.15, 0.2) is 0 Å². The van der Waals surface area contributed by atoms with E-state index >= 15 is 0 Å². The summed E-state index contributed by atoms with van der Waals surface area (Å²) in [6.07, 6.45) is 1.84. The predicted molar refractivity (Wildman–Crippen MR) is 43.7 cm³/mol. The fourth-order valence-electron chi connectivity index (χ4n) is 0.650. The van der Waals surface area contributed by atoms with Crippen molar-refractivity contribution in [3.05, 3.63) is 0 Å². The van der Waals surface area contributed by atoms with Gasteiger partial charge in [0.1, 0.15) is 0 Å². The lowest BCUT2D eigenvalue weighted by Crippen LogP contribution is -2.06. The summed E-state index contributed by atoms with van der Waals surface area (Å²) in [4.78, 5) is 10.4. The third-order valence-electron chi connectivity index (χ3n) is 1.00. The average Bonchev–Trinajstić information content (AvgIpc) is 1.81. The molecule has 0 saturated heterocycles. The van der Waals surface area contributed by atoms with Crippen LogP contribution in [0.2, 0.25) is 0 Å². The van der Waals surface area contributed by atoms with E-state index in [4.69, 9.17) is 5.11 Å². The molecule has 0 radical (unpaired) electrons. The van der Waals surface area contributed by atoms with E-state index < -0.39 is 15.6 Å². The van der Waals surface area contributed by atoms with Crippen LogP contribution in [0.4, 0.5) is 0 Å². The van der Waals surface area contributed by atoms with E-state index in [1.54, 1.807) is 0 Å². The van der Waals surface area contributed by atoms with Crippen LogP contribution in [-0.4, -0.2) is 33.8 Å². The summed E-state index contributed by atoms with van der Waals surface area (Å²) in [5, 5.41) is 8.41. The molecule has 0 fully saturated rings. The van der Waals surface area contributed by atoms with Crippen LogP contribution in [0.1, 0.15) is 13.3 Å². The summed E-state index contributed by atoms with van der Waals surface area (Å²) < 4.78 is 14.7. The Morgan fingerprint density at radius 3 is 2.55 bits per heavy atom. The molecule has 0 saturated carbocycles. The van der Waals surface area contributed by atoms with Crippen LogP contribution in [-0.2, 0) is 14.5 Å². The lowest BCUT2D eigenvalue weighted by molar-refractivity contribution is -0.115. The van der Waals surface area contributed by atoms with Gasteiger partial charge in [-0.1, -0.05) is 0 Å². The Labute approximate surface area is 66.8 Å². The highest BCUT2D eigenvalue weighted by atomic mass is 32.2. The van der Waals surface area contributed by atoms with Gasteiger partial charge in [-0.05, 0) is 6.42 Å². The molecule has 0 aliphatic heterocycles. The van der Waals surface area contributed by atoms with Crippen LogP contribution in [0.3, 0.4) is 0 Å². The number of aliphatic hydroxyl groups excluding tert-OH is 1. The zero-order chi connectivity index (χ0) is 8.91. The van der Waals surface area contributed by atoms with Crippen molar-refractivity contribution < 1.29 is 14.1 Å². The summed E-state index contributed by atoms with van der Waals surface area (Å²) in [7, 11) is -2.38. The molecule has 66 valence electrons. The Bertz CT molecular complexity index is 240. The van der Waals surface area contributed by atoms with Crippen molar-refractivity contribution in [1.29, 1.82) is 0 Å². The van der Waals surface area contributed by atoms with Gasteiger partial charge in [0.25, 0.3) is 5.91 Å². The Kier molecular flexibility index (Phi) is 4.29. The van der Waals surface area contributed by atoms with E-state index in [2.05, 4.69) is 4.36 Å². The van der Waals surface area contributed by atoms with Crippen molar-refractivity contribution in [3.63, 3.8) is 0 Å². The molecule has 11 heavy (non-hydrogen) atoms. The van der Waals surface area contributed by atoms with Crippen LogP contribution in [0.25, 0.3) is 0 Å². The number of carbonyl (C=O) groups excluding carboxylic acids is 1. The summed E-state index contributed by atoms with van der Waals surface area (Å²) in [6.45, 7) is 1.25. The Morgan fingerprint density at radius 2 is 2.18 bits per heavy atom. The fourth-order valence-corrected chi connectivity index (χ4v) is 1.95. The summed E-state index contributed by atoms with van der Waals surface area (Å²) in [6, 6.07) is 0. The highest BCUT2D eigenvalue weighted by molar-refractivity contribution is 7.93. The molecule has 0 aliphatic carbocycles. The number of amides is 1. The van der Waals surface area contributed by atoms with Crippen molar-refractivity contribution in [3.8, 4) is 0 Å². The normalized spacial score (nSPS) is 15.5. The van der Waals surface area contributed by atoms with Gasteiger partial charge in [0.05, 0.1) is 9.73 Å². The van der Waals surface area contributed by atoms with Gasteiger partial charge in [-0.3, -0.25) is 4.79 Å². The maximum Gasteiger partial charge on any atom is 0.250 e. The highest BCUT2D eigenvalue weighted by Gasteiger charge is 2.01. The van der Waals surface area contributed by atoms with Gasteiger partial charge in [-0.2, -0.15) is 4.36 Å². The van der Waals surface area contributed by atoms with E-state index in [9.17, 15) is 9.00 Å². The Hall–Kier alpha value is -0.420. The first-order valence-corrected chi connectivity index (χ1v) is 5.38. The molecule has 0 aromatic rings. The molecule has 0 heterocycles. The molecule has 0 rings (SSSR count). The summed E-state index contributed by atoms with van der Waals surface area (Å²) in [5.74, 6) is -0.140. The van der Waals surface area contributed by atoms with Gasteiger partial charge >= 0.3 is 0 Å². The minimum Gasteiger partial charge on any atom is -0.396 e. The number of hydrogen-bond acceptors (Lipinski definition) is 3. The molecule has 0 aromatic carbocycles. The van der Waals surface area contributed by atoms with Crippen molar-refractivity contribution in [2.24, 2.45) is 4.36 Å². The molecule has 1 atom stereocenters. The monoisotopic (exact) mass is 179 g/mol. The van der Waals surface area contributed by atoms with Crippen molar-refractivity contribution in [2.75, 3.05) is 18.6 Å². The molecular formula is C6H13NO3S. The van der Waals surface area contributed by atoms with Crippen LogP contribution < -0.4 is 0 Å². The van der Waals surface area contributed by atoms with E-state index in [-0.39, 0.29) is 12.4 Å². The van der Waals surface area contributed by atoms with Gasteiger partial charge in [-0.25, -0.2) is 4.21 Å². The largest absolute Gasteiger partial charge is 0.396 e. The maximum atomic E-state index is 11.3. The molecule has 0 unspecified atom stereocenters. The second-order valence-corrected chi connectivity index (χ2v) is 4.86. The number of rotatable bonds is 3. The molecule has 0 aliphatic rings. The topological polar surface area (TPSA) is 66.7 Å². The van der Waals surface area contributed by atoms with Crippen molar-refractivity contribution in [2.45, 2.75) is 13.3 Å². The fraction of sp³-hybridized carbons (Fsp3) is 0.833. The van der Waals surface area contributed by atoms with E-state index in [1.165, 1.54) is 13.2 Å². The van der Waals surface area contributed by atoms with Gasteiger partial charge < -0.3 is 5.11 Å². The van der Waals surface area contributed by atoms with Crippen LogP contribution >= 0.6 is 0 Å². The Balaban J connectivity index is 4.22. The maximum absolute atomic E-state index is 11.3. The number of hydrogen-bond donors (Lipinski definition) is 1. The first kappa shape index (κ1) is 10.6. The lowest BCUT2D eigenvalue weighted by atomic mass is 10.5. The second-order valence-electron chi connectivity index (χ2n) is 2.35. The van der Waals surface area contributed by atoms with E-state index in [1.807, 2.05) is 0 Å². The smallest absolute Gasteiger partial charge is 0.250 e. The number of nitrogens with zero attached hydrogens (tertiary/aromatic N) is 1. The van der Waals surface area contributed by atoms with Gasteiger partial charge in [0.2, 0.25) is 0 Å². The van der Waals surface area contributed by atoms with Crippen molar-refractivity contribution in [1.82, 2.24) is 0 Å². The van der Waals surface area contributed by atoms with Crippen LogP contribution in [0.5, 0.6) is 0 Å². The molecule has 5 heteroatoms. The molecular weight excluding hydrogens is 166 g/mol. The molecule has 0 spiro atoms. The quantitative estimate of drug-likeness (QED) is 0.663. The first-order chi connectivity index (χ1) is 4.98. The van der Waals surface area contributed by atoms with Gasteiger partial charge in [0, 0.05) is 25.5 Å². The lowest BCUT2D eigenvalue weighted by Gasteiger charge is -1.99. The summed E-state index contributed by atoms with van der Waals surface area (Å²) >= 11 is 0. The Morgan fingerprint density at radius 1 is 1.64 bits per heavy atom. The molecule has 1 N–H and O–H groups in total. The number of aliphatic hydroxyl groups is 1. The SMILES string of the molecule is CC(=O)N=[S@@](C)(=O)CCCO. The molecule has 0 aromatic heterocycles. The van der Waals surface area contributed by atoms with Crippen LogP contribution in [0.15, 0.2) is 4.36 Å². The van der Waals surface area contributed by atoms with Crippen molar-refractivity contribution >= 4 is 15.6 Å². The minimum absolute atomic E-state index is 0.0156. The zero-order valence-electron chi connectivity index (χ0n) is 6.74. The first-order valence-electron chi connectivity index (χ1n) is 3.29. The highest BCUT2D eigenvalue weighted by Crippen LogP contribution is 1.94. The third kappa shape index (κ3) is 6.00. The van der Waals surface area contributed by atoms with E-state index in [0.29, 0.717) is 6.42 Å². The standard InChI is InChI=1S/C6H13NO3S/c1-6(9)7-11(2,10)5-3-4-8/h8H,3-5H2,1-2H3/t11-/m0/s1. The average molecular weight is 179 g/mol. The molecule has 1 amide bonds. The number of carbonyl (C=O) groups is 1. The second kappa shape index (κ2) is 4.46. The third-order valence-corrected chi connectivity index (χ3v) is 2.69. The summed E-state index contributed by atoms with van der Waals surface area (Å²) in [5.41, 5.74) is 0. The predicted octanol–water partition coefficient (Wildman–Crippen LogP) is 0.0131. The zero-order valence-corrected chi connectivity index (χ0v) is 7.56. The van der Waals surface area contributed by atoms with Crippen LogP contribution in [0, 0.1) is 0 Å². The minimum atomic E-state index is -2.38. The molecule has 0 bridgehead atoms. The molecule has 4 nitrogen and oxygen atoms in total. The van der Waals surface area contributed by atoms with Gasteiger partial charge in [-0.15, -0.1) is 0 Å².